The van der Waals surface area contributed by atoms with Crippen molar-refractivity contribution in [2.24, 2.45) is 11.8 Å². The maximum atomic E-state index is 12.3. The minimum Gasteiger partial charge on any atom is -0.396 e. The van der Waals surface area contributed by atoms with Gasteiger partial charge in [-0.2, -0.15) is 0 Å². The Balaban J connectivity index is 4.03. The van der Waals surface area contributed by atoms with Gasteiger partial charge >= 0.3 is 0 Å². The van der Waals surface area contributed by atoms with Crippen LogP contribution in [0.15, 0.2) is 24.3 Å². The van der Waals surface area contributed by atoms with Crippen molar-refractivity contribution in [3.8, 4) is 0 Å². The molecule has 31 heavy (non-hydrogen) atoms. The number of unbranched alkanes of at least 4 members (excludes halogenated alkanes) is 7. The second kappa shape index (κ2) is 20.2. The summed E-state index contributed by atoms with van der Waals surface area (Å²) in [6.07, 6.45) is 19.1. The van der Waals surface area contributed by atoms with Gasteiger partial charge in [-0.1, -0.05) is 70.6 Å². The molecule has 0 aliphatic carbocycles. The number of aliphatic hydroxyl groups excluding tert-OH is 1. The van der Waals surface area contributed by atoms with Crippen LogP contribution in [-0.4, -0.2) is 29.8 Å². The largest absolute Gasteiger partial charge is 0.396 e. The average molecular weight is 436 g/mol. The zero-order valence-corrected chi connectivity index (χ0v) is 19.9. The van der Waals surface area contributed by atoms with Crippen molar-refractivity contribution in [2.45, 2.75) is 104 Å². The molecule has 0 aliphatic heterocycles. The first-order chi connectivity index (χ1) is 15.0. The highest BCUT2D eigenvalue weighted by atomic mass is 16.3. The summed E-state index contributed by atoms with van der Waals surface area (Å²) in [5.41, 5.74) is 0.315. The Bertz CT molecular complexity index is 542. The Morgan fingerprint density at radius 1 is 0.935 bits per heavy atom. The number of hydrogen-bond donors (Lipinski definition) is 2. The first kappa shape index (κ1) is 29.2. The quantitative estimate of drug-likeness (QED) is 0.112. The van der Waals surface area contributed by atoms with Gasteiger partial charge in [-0.15, -0.1) is 0 Å². The first-order valence-corrected chi connectivity index (χ1v) is 12.2. The molecule has 0 bridgehead atoms. The summed E-state index contributed by atoms with van der Waals surface area (Å²) in [7, 11) is 0. The molecule has 0 fully saturated rings. The lowest BCUT2D eigenvalue weighted by Gasteiger charge is -2.16. The van der Waals surface area contributed by atoms with Crippen molar-refractivity contribution in [1.82, 2.24) is 5.32 Å². The number of imide groups is 1. The van der Waals surface area contributed by atoms with Gasteiger partial charge < -0.3 is 9.90 Å². The number of rotatable bonds is 20. The predicted octanol–water partition coefficient (Wildman–Crippen LogP) is 5.67. The van der Waals surface area contributed by atoms with Gasteiger partial charge in [-0.25, -0.2) is 0 Å². The third-order valence-electron chi connectivity index (χ3n) is 5.61. The lowest BCUT2D eigenvalue weighted by atomic mass is 9.94. The van der Waals surface area contributed by atoms with E-state index in [9.17, 15) is 14.4 Å². The number of amides is 2. The van der Waals surface area contributed by atoms with Crippen LogP contribution in [-0.2, 0) is 14.4 Å². The van der Waals surface area contributed by atoms with E-state index < -0.39 is 5.91 Å². The molecular formula is C26H45NO4. The van der Waals surface area contributed by atoms with Crippen LogP contribution in [0.4, 0.5) is 0 Å². The number of carbonyl (C=O) groups excluding carboxylic acids is 3. The van der Waals surface area contributed by atoms with E-state index >= 15 is 0 Å². The molecular weight excluding hydrogens is 390 g/mol. The van der Waals surface area contributed by atoms with Crippen molar-refractivity contribution in [3.63, 3.8) is 0 Å². The summed E-state index contributed by atoms with van der Waals surface area (Å²) in [5, 5.41) is 11.5. The molecule has 0 aromatic carbocycles. The highest BCUT2D eigenvalue weighted by Crippen LogP contribution is 2.19. The number of allylic oxidation sites excluding steroid dienone is 2. The Labute approximate surface area is 189 Å². The maximum absolute atomic E-state index is 12.3. The molecule has 2 atom stereocenters. The fourth-order valence-electron chi connectivity index (χ4n) is 3.53. The predicted molar refractivity (Wildman–Crippen MR) is 128 cm³/mol. The van der Waals surface area contributed by atoms with Gasteiger partial charge in [0.25, 0.3) is 5.91 Å². The molecule has 2 N–H and O–H groups in total. The van der Waals surface area contributed by atoms with Crippen molar-refractivity contribution in [2.75, 3.05) is 6.61 Å². The number of aldehydes is 1. The fraction of sp³-hybridized carbons (Fsp3) is 0.731. The second-order valence-corrected chi connectivity index (χ2v) is 8.61. The van der Waals surface area contributed by atoms with E-state index in [-0.39, 0.29) is 24.3 Å². The van der Waals surface area contributed by atoms with Gasteiger partial charge in [0.05, 0.1) is 0 Å². The number of hydrogen-bond acceptors (Lipinski definition) is 4. The van der Waals surface area contributed by atoms with Crippen molar-refractivity contribution >= 4 is 18.1 Å². The van der Waals surface area contributed by atoms with Gasteiger partial charge in [-0.05, 0) is 51.9 Å². The monoisotopic (exact) mass is 435 g/mol. The van der Waals surface area contributed by atoms with E-state index in [0.717, 1.165) is 64.1 Å². The van der Waals surface area contributed by atoms with E-state index in [1.807, 2.05) is 0 Å². The van der Waals surface area contributed by atoms with Crippen LogP contribution in [0.1, 0.15) is 104 Å². The van der Waals surface area contributed by atoms with E-state index in [2.05, 4.69) is 31.0 Å². The maximum Gasteiger partial charge on any atom is 0.252 e. The van der Waals surface area contributed by atoms with Crippen LogP contribution in [0.3, 0.4) is 0 Å². The van der Waals surface area contributed by atoms with Gasteiger partial charge in [0.15, 0.2) is 0 Å². The van der Waals surface area contributed by atoms with Gasteiger partial charge in [0, 0.05) is 24.0 Å². The van der Waals surface area contributed by atoms with Crippen molar-refractivity contribution in [1.29, 1.82) is 0 Å². The minimum atomic E-state index is -0.431. The van der Waals surface area contributed by atoms with Crippen molar-refractivity contribution in [3.05, 3.63) is 24.3 Å². The van der Waals surface area contributed by atoms with Crippen LogP contribution in [0.25, 0.3) is 0 Å². The zero-order chi connectivity index (χ0) is 23.3. The molecule has 0 saturated carbocycles. The molecule has 2 amide bonds. The smallest absolute Gasteiger partial charge is 0.252 e. The molecule has 2 unspecified atom stereocenters. The second-order valence-electron chi connectivity index (χ2n) is 8.61. The molecule has 0 aromatic rings. The fourth-order valence-corrected chi connectivity index (χ4v) is 3.53. The third kappa shape index (κ3) is 16.6. The summed E-state index contributed by atoms with van der Waals surface area (Å²) in [5.74, 6) is -0.823. The lowest BCUT2D eigenvalue weighted by Crippen LogP contribution is -2.36. The highest BCUT2D eigenvalue weighted by molar-refractivity contribution is 6.04. The molecule has 0 heterocycles. The first-order valence-electron chi connectivity index (χ1n) is 12.2. The Morgan fingerprint density at radius 2 is 1.58 bits per heavy atom. The Kier molecular flexibility index (Phi) is 19.0. The lowest BCUT2D eigenvalue weighted by molar-refractivity contribution is -0.131. The standard InChI is InChI=1S/C26H45NO4/c1-4-5-6-7-9-12-16-23(21-29)17-13-10-8-11-14-18-24(19-15-20-28)26(31)27-25(30)22(2)3/h9,12,21,23-24,28H,2,4-8,10-11,13-20H2,1,3H3,(H,27,30,31). The summed E-state index contributed by atoms with van der Waals surface area (Å²) >= 11 is 0. The molecule has 0 rings (SSSR count). The molecule has 178 valence electrons. The normalized spacial score (nSPS) is 13.1. The van der Waals surface area contributed by atoms with Gasteiger partial charge in [-0.3, -0.25) is 14.9 Å². The number of carbonyl (C=O) groups is 3. The van der Waals surface area contributed by atoms with E-state index in [1.54, 1.807) is 6.92 Å². The average Bonchev–Trinajstić information content (AvgIpc) is 2.75. The third-order valence-corrected chi connectivity index (χ3v) is 5.61. The van der Waals surface area contributed by atoms with E-state index in [1.165, 1.54) is 19.3 Å². The molecule has 0 saturated heterocycles. The molecule has 5 heteroatoms. The number of nitrogens with one attached hydrogen (secondary N) is 1. The number of aliphatic hydroxyl groups is 1. The zero-order valence-electron chi connectivity index (χ0n) is 19.9. The minimum absolute atomic E-state index is 0.0457. The topological polar surface area (TPSA) is 83.5 Å². The summed E-state index contributed by atoms with van der Waals surface area (Å²) in [6, 6.07) is 0. The molecule has 0 aliphatic rings. The molecule has 0 aromatic heterocycles. The van der Waals surface area contributed by atoms with Crippen LogP contribution < -0.4 is 5.32 Å². The summed E-state index contributed by atoms with van der Waals surface area (Å²) in [6.45, 7) is 7.37. The van der Waals surface area contributed by atoms with Crippen molar-refractivity contribution < 1.29 is 19.5 Å². The van der Waals surface area contributed by atoms with Gasteiger partial charge in [0.1, 0.15) is 6.29 Å². The highest BCUT2D eigenvalue weighted by Gasteiger charge is 2.20. The summed E-state index contributed by atoms with van der Waals surface area (Å²) < 4.78 is 0. The van der Waals surface area contributed by atoms with E-state index in [0.29, 0.717) is 18.4 Å². The molecule has 5 nitrogen and oxygen atoms in total. The molecule has 0 radical (unpaired) electrons. The van der Waals surface area contributed by atoms with Crippen LogP contribution in [0, 0.1) is 11.8 Å². The summed E-state index contributed by atoms with van der Waals surface area (Å²) in [4.78, 5) is 35.2. The Hall–Kier alpha value is -1.75. The molecule has 0 spiro atoms. The van der Waals surface area contributed by atoms with E-state index in [4.69, 9.17) is 5.11 Å². The Morgan fingerprint density at radius 3 is 2.19 bits per heavy atom. The van der Waals surface area contributed by atoms with Crippen LogP contribution in [0.5, 0.6) is 0 Å². The van der Waals surface area contributed by atoms with Crippen LogP contribution >= 0.6 is 0 Å². The van der Waals surface area contributed by atoms with Crippen LogP contribution in [0.2, 0.25) is 0 Å². The SMILES string of the molecule is C=C(C)C(=O)NC(=O)C(CCCO)CCCCCCCC(C=O)CC=CCCCCC. The van der Waals surface area contributed by atoms with Gasteiger partial charge in [0.2, 0.25) is 5.91 Å².